The van der Waals surface area contributed by atoms with Crippen molar-refractivity contribution in [2.75, 3.05) is 0 Å². The molecular weight excluding hydrogens is 316 g/mol. The molecule has 2 heterocycles. The first-order valence-corrected chi connectivity index (χ1v) is 8.68. The third-order valence-electron chi connectivity index (χ3n) is 2.82. The molecule has 4 nitrogen and oxygen atoms in total. The van der Waals surface area contributed by atoms with Crippen LogP contribution in [0.1, 0.15) is 28.3 Å². The zero-order valence-electron chi connectivity index (χ0n) is 11.3. The Bertz CT molecular complexity index is 726. The van der Waals surface area contributed by atoms with Crippen LogP contribution in [0.15, 0.2) is 29.3 Å². The lowest BCUT2D eigenvalue weighted by Crippen LogP contribution is -2.26. The fourth-order valence-electron chi connectivity index (χ4n) is 1.72. The number of aryl methyl sites for hydroxylation is 2. The van der Waals surface area contributed by atoms with Crippen LogP contribution in [-0.4, -0.2) is 13.4 Å². The summed E-state index contributed by atoms with van der Waals surface area (Å²) in [4.78, 5) is 6.13. The van der Waals surface area contributed by atoms with E-state index in [4.69, 9.17) is 11.6 Å². The largest absolute Gasteiger partial charge is 0.243 e. The summed E-state index contributed by atoms with van der Waals surface area (Å²) in [5.74, 6) is 0. The van der Waals surface area contributed by atoms with E-state index in [0.717, 1.165) is 9.75 Å². The van der Waals surface area contributed by atoms with Crippen LogP contribution in [0, 0.1) is 13.8 Å². The standard InChI is InChI=1S/C13H15ClN2O2S2/c1-8-6-11(7-15-13(8)14)20(17,18)16-10(3)12-5-4-9(2)19-12/h4-7,10,16H,1-3H3. The molecule has 0 bridgehead atoms. The van der Waals surface area contributed by atoms with E-state index in [9.17, 15) is 8.42 Å². The minimum Gasteiger partial charge on any atom is -0.243 e. The summed E-state index contributed by atoms with van der Waals surface area (Å²) >= 11 is 7.38. The zero-order valence-corrected chi connectivity index (χ0v) is 13.7. The first-order valence-electron chi connectivity index (χ1n) is 6.00. The van der Waals surface area contributed by atoms with E-state index in [1.165, 1.54) is 12.3 Å². The van der Waals surface area contributed by atoms with Crippen molar-refractivity contribution in [3.63, 3.8) is 0 Å². The van der Waals surface area contributed by atoms with Crippen LogP contribution < -0.4 is 4.72 Å². The molecule has 0 fully saturated rings. The number of hydrogen-bond acceptors (Lipinski definition) is 4. The van der Waals surface area contributed by atoms with Gasteiger partial charge in [-0.1, -0.05) is 11.6 Å². The number of aromatic nitrogens is 1. The lowest BCUT2D eigenvalue weighted by molar-refractivity contribution is 0.568. The monoisotopic (exact) mass is 330 g/mol. The van der Waals surface area contributed by atoms with E-state index in [2.05, 4.69) is 9.71 Å². The fourth-order valence-corrected chi connectivity index (χ4v) is 4.03. The molecule has 2 rings (SSSR count). The first-order chi connectivity index (χ1) is 9.29. The van der Waals surface area contributed by atoms with E-state index >= 15 is 0 Å². The summed E-state index contributed by atoms with van der Waals surface area (Å²) in [6.45, 7) is 5.53. The molecule has 2 aromatic heterocycles. The molecule has 2 aromatic rings. The Morgan fingerprint density at radius 2 is 2.05 bits per heavy atom. The number of rotatable bonds is 4. The van der Waals surface area contributed by atoms with E-state index in [-0.39, 0.29) is 10.9 Å². The van der Waals surface area contributed by atoms with Crippen molar-refractivity contribution in [1.82, 2.24) is 9.71 Å². The van der Waals surface area contributed by atoms with Gasteiger partial charge < -0.3 is 0 Å². The predicted molar refractivity (Wildman–Crippen MR) is 81.8 cm³/mol. The summed E-state index contributed by atoms with van der Waals surface area (Å²) in [5.41, 5.74) is 0.633. The van der Waals surface area contributed by atoms with Gasteiger partial charge >= 0.3 is 0 Å². The van der Waals surface area contributed by atoms with Crippen LogP contribution in [0.5, 0.6) is 0 Å². The van der Waals surface area contributed by atoms with E-state index in [0.29, 0.717) is 10.7 Å². The average Bonchev–Trinajstić information content (AvgIpc) is 2.79. The number of halogens is 1. The topological polar surface area (TPSA) is 59.1 Å². The van der Waals surface area contributed by atoms with Gasteiger partial charge in [-0.05, 0) is 44.5 Å². The van der Waals surface area contributed by atoms with Crippen LogP contribution in [0.3, 0.4) is 0 Å². The lowest BCUT2D eigenvalue weighted by atomic mass is 10.3. The van der Waals surface area contributed by atoms with Gasteiger partial charge in [0.1, 0.15) is 10.0 Å². The normalized spacial score (nSPS) is 13.4. The minimum absolute atomic E-state index is 0.125. The van der Waals surface area contributed by atoms with Crippen LogP contribution in [0.2, 0.25) is 5.15 Å². The van der Waals surface area contributed by atoms with Crippen LogP contribution >= 0.6 is 22.9 Å². The van der Waals surface area contributed by atoms with Crippen molar-refractivity contribution in [2.24, 2.45) is 0 Å². The highest BCUT2D eigenvalue weighted by atomic mass is 35.5. The molecule has 1 atom stereocenters. The lowest BCUT2D eigenvalue weighted by Gasteiger charge is -2.13. The van der Waals surface area contributed by atoms with Gasteiger partial charge in [0.15, 0.2) is 0 Å². The second-order valence-corrected chi connectivity index (χ2v) is 7.96. The summed E-state index contributed by atoms with van der Waals surface area (Å²) < 4.78 is 27.2. The third-order valence-corrected chi connectivity index (χ3v) is 5.91. The average molecular weight is 331 g/mol. The number of thiophene rings is 1. The van der Waals surface area contributed by atoms with Crippen molar-refractivity contribution in [2.45, 2.75) is 31.7 Å². The quantitative estimate of drug-likeness (QED) is 0.873. The molecule has 0 spiro atoms. The summed E-state index contributed by atoms with van der Waals surface area (Å²) in [6.07, 6.45) is 1.27. The second kappa shape index (κ2) is 5.81. The van der Waals surface area contributed by atoms with Gasteiger partial charge in [-0.15, -0.1) is 11.3 Å². The Morgan fingerprint density at radius 1 is 1.35 bits per heavy atom. The van der Waals surface area contributed by atoms with Gasteiger partial charge in [-0.2, -0.15) is 0 Å². The number of sulfonamides is 1. The number of nitrogens with one attached hydrogen (secondary N) is 1. The highest BCUT2D eigenvalue weighted by Crippen LogP contribution is 2.24. The predicted octanol–water partition coefficient (Wildman–Crippen LogP) is 3.45. The Labute approximate surface area is 127 Å². The minimum atomic E-state index is -3.60. The Kier molecular flexibility index (Phi) is 4.49. The molecule has 108 valence electrons. The Hall–Kier alpha value is -0.950. The number of pyridine rings is 1. The highest BCUT2D eigenvalue weighted by molar-refractivity contribution is 7.89. The van der Waals surface area contributed by atoms with Crippen molar-refractivity contribution in [3.05, 3.63) is 44.9 Å². The molecule has 0 aromatic carbocycles. The Morgan fingerprint density at radius 3 is 2.60 bits per heavy atom. The maximum atomic E-state index is 12.3. The number of hydrogen-bond donors (Lipinski definition) is 1. The summed E-state index contributed by atoms with van der Waals surface area (Å²) in [7, 11) is -3.60. The molecule has 0 aliphatic carbocycles. The number of nitrogens with zero attached hydrogens (tertiary/aromatic N) is 1. The van der Waals surface area contributed by atoms with Crippen molar-refractivity contribution in [3.8, 4) is 0 Å². The molecule has 7 heteroatoms. The second-order valence-electron chi connectivity index (χ2n) is 4.57. The van der Waals surface area contributed by atoms with Crippen LogP contribution in [0.25, 0.3) is 0 Å². The molecule has 0 radical (unpaired) electrons. The van der Waals surface area contributed by atoms with E-state index < -0.39 is 10.0 Å². The molecule has 20 heavy (non-hydrogen) atoms. The van der Waals surface area contributed by atoms with Gasteiger partial charge in [-0.25, -0.2) is 18.1 Å². The Balaban J connectivity index is 2.24. The summed E-state index contributed by atoms with van der Waals surface area (Å²) in [5, 5.41) is 0.311. The smallest absolute Gasteiger partial charge is 0.242 e. The zero-order chi connectivity index (χ0) is 14.9. The molecule has 1 N–H and O–H groups in total. The van der Waals surface area contributed by atoms with Gasteiger partial charge in [0, 0.05) is 16.0 Å². The molecular formula is C13H15ClN2O2S2. The van der Waals surface area contributed by atoms with Crippen molar-refractivity contribution >= 4 is 33.0 Å². The van der Waals surface area contributed by atoms with Crippen molar-refractivity contribution in [1.29, 1.82) is 0 Å². The van der Waals surface area contributed by atoms with Crippen molar-refractivity contribution < 1.29 is 8.42 Å². The molecule has 0 aliphatic heterocycles. The molecule has 0 saturated carbocycles. The molecule has 0 amide bonds. The SMILES string of the molecule is Cc1ccc(C(C)NS(=O)(=O)c2cnc(Cl)c(C)c2)s1. The molecule has 0 saturated heterocycles. The van der Waals surface area contributed by atoms with Gasteiger partial charge in [-0.3, -0.25) is 0 Å². The van der Waals surface area contributed by atoms with Crippen LogP contribution in [-0.2, 0) is 10.0 Å². The highest BCUT2D eigenvalue weighted by Gasteiger charge is 2.20. The van der Waals surface area contributed by atoms with Crippen LogP contribution in [0.4, 0.5) is 0 Å². The maximum absolute atomic E-state index is 12.3. The molecule has 1 unspecified atom stereocenters. The third kappa shape index (κ3) is 3.38. The van der Waals surface area contributed by atoms with Gasteiger partial charge in [0.05, 0.1) is 6.04 Å². The molecule has 0 aliphatic rings. The van der Waals surface area contributed by atoms with E-state index in [1.54, 1.807) is 18.3 Å². The summed E-state index contributed by atoms with van der Waals surface area (Å²) in [6, 6.07) is 5.14. The maximum Gasteiger partial charge on any atom is 0.242 e. The van der Waals surface area contributed by atoms with Gasteiger partial charge in [0.25, 0.3) is 0 Å². The first kappa shape index (κ1) is 15.4. The van der Waals surface area contributed by atoms with Gasteiger partial charge in [0.2, 0.25) is 10.0 Å². The van der Waals surface area contributed by atoms with E-state index in [1.807, 2.05) is 26.0 Å². The fraction of sp³-hybridized carbons (Fsp3) is 0.308.